The highest BCUT2D eigenvalue weighted by atomic mass is 35.5. The highest BCUT2D eigenvalue weighted by molar-refractivity contribution is 6.36. The first-order valence-electron chi connectivity index (χ1n) is 8.38. The van der Waals surface area contributed by atoms with Crippen LogP contribution in [0, 0.1) is 0 Å². The van der Waals surface area contributed by atoms with Crippen molar-refractivity contribution in [1.29, 1.82) is 0 Å². The van der Waals surface area contributed by atoms with Gasteiger partial charge in [0.1, 0.15) is 16.3 Å². The van der Waals surface area contributed by atoms with E-state index < -0.39 is 11.2 Å². The number of carbonyl (C=O) groups is 1. The van der Waals surface area contributed by atoms with Crippen molar-refractivity contribution < 1.29 is 18.7 Å². The Kier molecular flexibility index (Phi) is 5.75. The van der Waals surface area contributed by atoms with E-state index in [0.717, 1.165) is 19.3 Å². The van der Waals surface area contributed by atoms with Gasteiger partial charge < -0.3 is 13.9 Å². The van der Waals surface area contributed by atoms with Gasteiger partial charge in [0.15, 0.2) is 5.58 Å². The Morgan fingerprint density at radius 1 is 1.22 bits per heavy atom. The lowest BCUT2D eigenvalue weighted by molar-refractivity contribution is -0.141. The Hall–Kier alpha value is -2.87. The number of H-pyrrole nitrogens is 1. The monoisotopic (exact) mass is 392 g/mol. The number of halogens is 1. The number of benzene rings is 1. The predicted octanol–water partition coefficient (Wildman–Crippen LogP) is 2.75. The van der Waals surface area contributed by atoms with Crippen LogP contribution in [0.4, 0.5) is 0 Å². The van der Waals surface area contributed by atoms with Crippen LogP contribution >= 0.6 is 11.6 Å². The number of unbranched alkanes of at least 4 members (excludes halogenated alkanes) is 2. The smallest absolute Gasteiger partial charge is 0.351 e. The lowest BCUT2D eigenvalue weighted by Crippen LogP contribution is -2.24. The van der Waals surface area contributed by atoms with Gasteiger partial charge in [0.25, 0.3) is 5.56 Å². The average molecular weight is 393 g/mol. The molecule has 1 aromatic carbocycles. The van der Waals surface area contributed by atoms with Gasteiger partial charge in [0.05, 0.1) is 13.2 Å². The second-order valence-corrected chi connectivity index (χ2v) is 6.26. The number of esters is 1. The van der Waals surface area contributed by atoms with Crippen LogP contribution in [0.5, 0.6) is 5.75 Å². The number of carbonyl (C=O) groups excluding carboxylic acids is 1. The zero-order chi connectivity index (χ0) is 19.4. The summed E-state index contributed by atoms with van der Waals surface area (Å²) >= 11 is 6.35. The van der Waals surface area contributed by atoms with Crippen LogP contribution in [0.1, 0.15) is 26.2 Å². The molecule has 0 saturated carbocycles. The number of aromatic amines is 1. The maximum absolute atomic E-state index is 11.8. The fourth-order valence-corrected chi connectivity index (χ4v) is 2.83. The number of hydrogen-bond acceptors (Lipinski definition) is 7. The zero-order valence-electron chi connectivity index (χ0n) is 14.5. The molecule has 0 saturated heterocycles. The molecule has 0 atom stereocenters. The lowest BCUT2D eigenvalue weighted by atomic mass is 10.1. The summed E-state index contributed by atoms with van der Waals surface area (Å²) in [5, 5.41) is 0.830. The molecule has 2 heterocycles. The van der Waals surface area contributed by atoms with E-state index in [1.54, 1.807) is 18.2 Å². The normalized spacial score (nSPS) is 11.0. The van der Waals surface area contributed by atoms with E-state index in [2.05, 4.69) is 9.97 Å². The van der Waals surface area contributed by atoms with Crippen molar-refractivity contribution in [3.05, 3.63) is 44.1 Å². The van der Waals surface area contributed by atoms with E-state index in [0.29, 0.717) is 24.3 Å². The van der Waals surface area contributed by atoms with Gasteiger partial charge in [-0.3, -0.25) is 14.6 Å². The van der Waals surface area contributed by atoms with Crippen molar-refractivity contribution in [2.75, 3.05) is 13.2 Å². The number of rotatable bonds is 7. The summed E-state index contributed by atoms with van der Waals surface area (Å²) in [7, 11) is 0. The fraction of sp³-hybridized carbons (Fsp3) is 0.333. The van der Waals surface area contributed by atoms with Gasteiger partial charge in [-0.1, -0.05) is 11.6 Å². The molecule has 1 N–H and O–H groups in total. The van der Waals surface area contributed by atoms with E-state index in [9.17, 15) is 14.4 Å². The molecule has 0 unspecified atom stereocenters. The fourth-order valence-electron chi connectivity index (χ4n) is 2.56. The van der Waals surface area contributed by atoms with Crippen molar-refractivity contribution in [3.8, 4) is 17.2 Å². The molecule has 27 heavy (non-hydrogen) atoms. The first kappa shape index (κ1) is 18.9. The van der Waals surface area contributed by atoms with Gasteiger partial charge in [-0.25, -0.2) is 4.79 Å². The molecule has 0 aliphatic carbocycles. The third-order valence-electron chi connectivity index (χ3n) is 3.84. The van der Waals surface area contributed by atoms with Crippen LogP contribution in [0.15, 0.2) is 32.2 Å². The van der Waals surface area contributed by atoms with E-state index in [-0.39, 0.29) is 28.0 Å². The third-order valence-corrected chi connectivity index (χ3v) is 4.20. The third kappa shape index (κ3) is 4.46. The molecule has 0 amide bonds. The number of hydrogen-bond donors (Lipinski definition) is 1. The molecule has 2 aliphatic rings. The van der Waals surface area contributed by atoms with Gasteiger partial charge in [0.2, 0.25) is 5.89 Å². The molecule has 9 heteroatoms. The van der Waals surface area contributed by atoms with Gasteiger partial charge >= 0.3 is 11.7 Å². The molecular weight excluding hydrogens is 376 g/mol. The molecule has 3 rings (SSSR count). The van der Waals surface area contributed by atoms with E-state index in [1.807, 2.05) is 0 Å². The molecule has 0 bridgehead atoms. The summed E-state index contributed by atoms with van der Waals surface area (Å²) in [6.07, 6.45) is 2.36. The standard InChI is InChI=1S/C18H17ClN2O6/c1-10(22)25-7-3-2-4-8-26-13-6-5-11-9-12-16(23)20-18(24)21-17(12)27-15(11)14(13)19/h5-6,9H,2-4,7-8H2,1H3,(H,20,23,24). The van der Waals surface area contributed by atoms with E-state index >= 15 is 0 Å². The van der Waals surface area contributed by atoms with E-state index in [4.69, 9.17) is 25.5 Å². The summed E-state index contributed by atoms with van der Waals surface area (Å²) in [6, 6.07) is 4.96. The maximum atomic E-state index is 11.8. The first-order valence-corrected chi connectivity index (χ1v) is 8.76. The topological polar surface area (TPSA) is 111 Å². The molecule has 8 nitrogen and oxygen atoms in total. The summed E-state index contributed by atoms with van der Waals surface area (Å²) in [5.74, 6) is 0.0614. The molecule has 2 aliphatic heterocycles. The molecule has 0 radical (unpaired) electrons. The van der Waals surface area contributed by atoms with Crippen LogP contribution in [0.3, 0.4) is 0 Å². The predicted molar refractivity (Wildman–Crippen MR) is 98.5 cm³/mol. The highest BCUT2D eigenvalue weighted by Gasteiger charge is 2.17. The second-order valence-electron chi connectivity index (χ2n) is 5.88. The molecule has 0 fully saturated rings. The van der Waals surface area contributed by atoms with Crippen molar-refractivity contribution in [2.45, 2.75) is 26.2 Å². The number of nitrogens with zero attached hydrogens (tertiary/aromatic N) is 1. The minimum Gasteiger partial charge on any atom is -0.492 e. The second kappa shape index (κ2) is 8.22. The Morgan fingerprint density at radius 3 is 2.78 bits per heavy atom. The van der Waals surface area contributed by atoms with Gasteiger partial charge in [-0.2, -0.15) is 4.98 Å². The minimum absolute atomic E-state index is 0.0826. The van der Waals surface area contributed by atoms with Gasteiger partial charge in [-0.15, -0.1) is 0 Å². The Labute approximate surface area is 158 Å². The Balaban J connectivity index is 1.72. The quantitative estimate of drug-likeness (QED) is 0.373. The van der Waals surface area contributed by atoms with Gasteiger partial charge in [-0.05, 0) is 37.5 Å². The SMILES string of the molecule is CC(=O)OCCCCCOc1ccc2cc3c(=O)[nH]c(=O)nc-3oc2c1Cl. The van der Waals surface area contributed by atoms with Crippen LogP contribution in [0.2, 0.25) is 5.02 Å². The van der Waals surface area contributed by atoms with Crippen LogP contribution in [-0.2, 0) is 9.53 Å². The largest absolute Gasteiger partial charge is 0.492 e. The minimum atomic E-state index is -0.784. The van der Waals surface area contributed by atoms with Crippen LogP contribution < -0.4 is 16.0 Å². The number of fused-ring (bicyclic) bond motifs is 2. The molecule has 142 valence electrons. The average Bonchev–Trinajstić information content (AvgIpc) is 2.61. The summed E-state index contributed by atoms with van der Waals surface area (Å²) < 4.78 is 16.1. The summed E-state index contributed by atoms with van der Waals surface area (Å²) in [5.41, 5.74) is -0.901. The maximum Gasteiger partial charge on any atom is 0.351 e. The molecule has 0 spiro atoms. The van der Waals surface area contributed by atoms with Crippen molar-refractivity contribution in [2.24, 2.45) is 0 Å². The summed E-state index contributed by atoms with van der Waals surface area (Å²) in [6.45, 7) is 2.20. The Morgan fingerprint density at radius 2 is 2.00 bits per heavy atom. The zero-order valence-corrected chi connectivity index (χ0v) is 15.3. The van der Waals surface area contributed by atoms with E-state index in [1.165, 1.54) is 6.92 Å². The van der Waals surface area contributed by atoms with Crippen molar-refractivity contribution >= 4 is 28.5 Å². The van der Waals surface area contributed by atoms with Crippen molar-refractivity contribution in [3.63, 3.8) is 0 Å². The molecule has 1 aromatic rings. The highest BCUT2D eigenvalue weighted by Crippen LogP contribution is 2.35. The Bertz CT molecular complexity index is 1060. The van der Waals surface area contributed by atoms with Crippen LogP contribution in [0.25, 0.3) is 22.4 Å². The number of ether oxygens (including phenoxy) is 2. The summed E-state index contributed by atoms with van der Waals surface area (Å²) in [4.78, 5) is 39.6. The van der Waals surface area contributed by atoms with Crippen LogP contribution in [-0.4, -0.2) is 29.2 Å². The van der Waals surface area contributed by atoms with Gasteiger partial charge in [0, 0.05) is 12.3 Å². The van der Waals surface area contributed by atoms with Crippen molar-refractivity contribution in [1.82, 2.24) is 9.97 Å². The molecular formula is C18H17ClN2O6. The number of aromatic nitrogens is 2. The number of nitrogens with one attached hydrogen (secondary N) is 1. The lowest BCUT2D eigenvalue weighted by Gasteiger charge is -2.11. The molecule has 0 aromatic heterocycles. The first-order chi connectivity index (χ1) is 13.0.